The Kier molecular flexibility index (Phi) is 3.18. The van der Waals surface area contributed by atoms with E-state index in [1.54, 1.807) is 6.92 Å². The molecule has 0 radical (unpaired) electrons. The first-order chi connectivity index (χ1) is 4.22. The fourth-order valence-corrected chi connectivity index (χ4v) is 0.236. The van der Waals surface area contributed by atoms with Crippen LogP contribution in [-0.2, 0) is 9.53 Å². The molecule has 0 unspecified atom stereocenters. The third kappa shape index (κ3) is 2.52. The van der Waals surface area contributed by atoms with Gasteiger partial charge >= 0.3 is 5.97 Å². The van der Waals surface area contributed by atoms with E-state index in [2.05, 4.69) is 23.6 Å². The molecule has 0 rings (SSSR count). The van der Waals surface area contributed by atoms with Gasteiger partial charge in [-0.25, -0.2) is 4.79 Å². The zero-order chi connectivity index (χ0) is 7.28. The van der Waals surface area contributed by atoms with E-state index >= 15 is 0 Å². The second kappa shape index (κ2) is 3.70. The number of ether oxygens (including phenoxy) is 1. The minimum atomic E-state index is -0.458. The summed E-state index contributed by atoms with van der Waals surface area (Å²) in [6.45, 7) is 8.05. The van der Waals surface area contributed by atoms with E-state index in [1.165, 1.54) is 0 Å². The number of rotatable bonds is 2. The van der Waals surface area contributed by atoms with E-state index in [9.17, 15) is 4.79 Å². The predicted octanol–water partition coefficient (Wildman–Crippen LogP) is 1.40. The van der Waals surface area contributed by atoms with Crippen molar-refractivity contribution in [1.29, 1.82) is 0 Å². The zero-order valence-corrected chi connectivity index (χ0v) is 5.31. The molecule has 0 aromatic heterocycles. The van der Waals surface area contributed by atoms with E-state index in [-0.39, 0.29) is 0 Å². The monoisotopic (exact) mass is 124 g/mol. The van der Waals surface area contributed by atoms with Crippen LogP contribution < -0.4 is 0 Å². The predicted molar refractivity (Wildman–Crippen MR) is 34.6 cm³/mol. The summed E-state index contributed by atoms with van der Waals surface area (Å²) in [4.78, 5) is 10.5. The summed E-state index contributed by atoms with van der Waals surface area (Å²) in [6, 6.07) is 0. The van der Waals surface area contributed by atoms with Gasteiger partial charge < -0.3 is 4.74 Å². The molecule has 0 aliphatic carbocycles. The van der Waals surface area contributed by atoms with E-state index < -0.39 is 5.97 Å². The van der Waals surface area contributed by atoms with Gasteiger partial charge in [-0.3, -0.25) is 0 Å². The van der Waals surface area contributed by atoms with Crippen molar-refractivity contribution in [2.24, 2.45) is 0 Å². The van der Waals surface area contributed by atoms with Gasteiger partial charge in [0, 0.05) is 0 Å². The molecular weight excluding hydrogens is 116 g/mol. The largest absolute Gasteiger partial charge is 0.431 e. The highest BCUT2D eigenvalue weighted by molar-refractivity contribution is 5.87. The molecule has 0 N–H and O–H groups in total. The first-order valence-electron chi connectivity index (χ1n) is 2.41. The van der Waals surface area contributed by atoms with E-state index in [1.807, 2.05) is 0 Å². The molecule has 48 valence electrons. The summed E-state index contributed by atoms with van der Waals surface area (Å²) in [6.07, 6.45) is 1.07. The summed E-state index contributed by atoms with van der Waals surface area (Å²) >= 11 is 0. The first kappa shape index (κ1) is 7.73. The summed E-state index contributed by atoms with van der Waals surface area (Å²) < 4.78 is 4.38. The maximum Gasteiger partial charge on any atom is 0.346 e. The third-order valence-corrected chi connectivity index (χ3v) is 0.762. The quantitative estimate of drug-likeness (QED) is 0.241. The second-order valence-corrected chi connectivity index (χ2v) is 1.37. The lowest BCUT2D eigenvalue weighted by atomic mass is 10.3. The Morgan fingerprint density at radius 1 is 1.78 bits per heavy atom. The van der Waals surface area contributed by atoms with Gasteiger partial charge in [-0.15, -0.1) is 5.73 Å². The SMILES string of the molecule is C=C=C(C)C(=O)OC=C. The van der Waals surface area contributed by atoms with Crippen molar-refractivity contribution < 1.29 is 9.53 Å². The van der Waals surface area contributed by atoms with E-state index in [4.69, 9.17) is 0 Å². The van der Waals surface area contributed by atoms with Crippen molar-refractivity contribution in [3.63, 3.8) is 0 Å². The summed E-state index contributed by atoms with van der Waals surface area (Å²) in [5, 5.41) is 0. The Morgan fingerprint density at radius 2 is 2.33 bits per heavy atom. The summed E-state index contributed by atoms with van der Waals surface area (Å²) in [5.41, 5.74) is 2.75. The lowest BCUT2D eigenvalue weighted by molar-refractivity contribution is -0.133. The third-order valence-electron chi connectivity index (χ3n) is 0.762. The molecule has 0 saturated carbocycles. The minimum absolute atomic E-state index is 0.356. The fraction of sp³-hybridized carbons (Fsp3) is 0.143. The Bertz CT molecular complexity index is 173. The highest BCUT2D eigenvalue weighted by atomic mass is 16.5. The molecule has 0 aliphatic heterocycles. The van der Waals surface area contributed by atoms with Crippen LogP contribution in [0.3, 0.4) is 0 Å². The highest BCUT2D eigenvalue weighted by Gasteiger charge is 1.99. The van der Waals surface area contributed by atoms with Gasteiger partial charge in [0.1, 0.15) is 0 Å². The van der Waals surface area contributed by atoms with Gasteiger partial charge in [-0.05, 0) is 6.92 Å². The lowest BCUT2D eigenvalue weighted by Gasteiger charge is -1.92. The van der Waals surface area contributed by atoms with Crippen LogP contribution in [0.15, 0.2) is 30.7 Å². The normalized spacial score (nSPS) is 7.22. The molecule has 0 atom stereocenters. The minimum Gasteiger partial charge on any atom is -0.431 e. The number of carbonyl (C=O) groups excluding carboxylic acids is 1. The summed E-state index contributed by atoms with van der Waals surface area (Å²) in [5.74, 6) is -0.458. The molecule has 0 aromatic rings. The maximum absolute atomic E-state index is 10.5. The van der Waals surface area contributed by atoms with Gasteiger partial charge in [-0.2, -0.15) is 0 Å². The average Bonchev–Trinajstić information content (AvgIpc) is 1.87. The lowest BCUT2D eigenvalue weighted by Crippen LogP contribution is -1.98. The second-order valence-electron chi connectivity index (χ2n) is 1.37. The molecule has 0 bridgehead atoms. The van der Waals surface area contributed by atoms with Gasteiger partial charge in [-0.1, -0.05) is 13.2 Å². The van der Waals surface area contributed by atoms with E-state index in [0.717, 1.165) is 6.26 Å². The smallest absolute Gasteiger partial charge is 0.346 e. The van der Waals surface area contributed by atoms with Gasteiger partial charge in [0.2, 0.25) is 0 Å². The standard InChI is InChI=1S/C7H8O2/c1-4-6(3)7(8)9-5-2/h5H,1-2H2,3H3. The van der Waals surface area contributed by atoms with Crippen molar-refractivity contribution in [2.45, 2.75) is 6.92 Å². The molecule has 2 heteroatoms. The number of carbonyl (C=O) groups is 1. The van der Waals surface area contributed by atoms with Crippen LogP contribution in [0.1, 0.15) is 6.92 Å². The van der Waals surface area contributed by atoms with Crippen molar-refractivity contribution in [3.05, 3.63) is 30.7 Å². The molecule has 9 heavy (non-hydrogen) atoms. The number of esters is 1. The van der Waals surface area contributed by atoms with Crippen LogP contribution in [0.5, 0.6) is 0 Å². The van der Waals surface area contributed by atoms with Crippen LogP contribution >= 0.6 is 0 Å². The molecule has 0 aromatic carbocycles. The Labute approximate surface area is 54.1 Å². The molecule has 0 aliphatic rings. The van der Waals surface area contributed by atoms with Crippen LogP contribution in [0.4, 0.5) is 0 Å². The molecule has 0 amide bonds. The van der Waals surface area contributed by atoms with Crippen LogP contribution in [0, 0.1) is 0 Å². The van der Waals surface area contributed by atoms with Gasteiger partial charge in [0.05, 0.1) is 11.8 Å². The number of hydrogen-bond donors (Lipinski definition) is 0. The Morgan fingerprint density at radius 3 is 2.67 bits per heavy atom. The van der Waals surface area contributed by atoms with Crippen LogP contribution in [0.2, 0.25) is 0 Å². The average molecular weight is 124 g/mol. The molecule has 2 nitrogen and oxygen atoms in total. The van der Waals surface area contributed by atoms with Crippen molar-refractivity contribution in [3.8, 4) is 0 Å². The van der Waals surface area contributed by atoms with Gasteiger partial charge in [0.15, 0.2) is 0 Å². The highest BCUT2D eigenvalue weighted by Crippen LogP contribution is 1.91. The topological polar surface area (TPSA) is 26.3 Å². The van der Waals surface area contributed by atoms with E-state index in [0.29, 0.717) is 5.57 Å². The number of hydrogen-bond acceptors (Lipinski definition) is 2. The van der Waals surface area contributed by atoms with Crippen molar-refractivity contribution in [2.75, 3.05) is 0 Å². The molecule has 0 heterocycles. The van der Waals surface area contributed by atoms with Crippen LogP contribution in [-0.4, -0.2) is 5.97 Å². The maximum atomic E-state index is 10.5. The van der Waals surface area contributed by atoms with Crippen LogP contribution in [0.25, 0.3) is 0 Å². The molecular formula is C7H8O2. The fourth-order valence-electron chi connectivity index (χ4n) is 0.236. The van der Waals surface area contributed by atoms with Crippen molar-refractivity contribution >= 4 is 5.97 Å². The summed E-state index contributed by atoms with van der Waals surface area (Å²) in [7, 11) is 0. The van der Waals surface area contributed by atoms with Crippen molar-refractivity contribution in [1.82, 2.24) is 0 Å². The zero-order valence-electron chi connectivity index (χ0n) is 5.31. The molecule has 0 spiro atoms. The van der Waals surface area contributed by atoms with Gasteiger partial charge in [0.25, 0.3) is 0 Å². The Hall–Kier alpha value is -1.27. The first-order valence-corrected chi connectivity index (χ1v) is 2.41. The molecule has 0 saturated heterocycles. The molecule has 0 fully saturated rings. The Balaban J connectivity index is 4.04.